The van der Waals surface area contributed by atoms with E-state index in [0.717, 1.165) is 4.90 Å². The Morgan fingerprint density at radius 1 is 1.20 bits per heavy atom. The lowest BCUT2D eigenvalue weighted by atomic mass is 10.2. The molecule has 0 spiro atoms. The Balaban J connectivity index is 4.74. The lowest BCUT2D eigenvalue weighted by Gasteiger charge is -2.31. The molecule has 0 rings (SSSR count). The summed E-state index contributed by atoms with van der Waals surface area (Å²) in [5.41, 5.74) is -0.749. The highest BCUT2D eigenvalue weighted by atomic mass is 16.6. The van der Waals surface area contributed by atoms with E-state index in [9.17, 15) is 19.8 Å². The Morgan fingerprint density at radius 3 is 1.95 bits per heavy atom. The summed E-state index contributed by atoms with van der Waals surface area (Å²) in [6, 6.07) is -1.31. The van der Waals surface area contributed by atoms with Crippen molar-refractivity contribution in [2.45, 2.75) is 58.7 Å². The van der Waals surface area contributed by atoms with E-state index in [1.165, 1.54) is 13.8 Å². The molecule has 0 heterocycles. The van der Waals surface area contributed by atoms with Gasteiger partial charge in [0.15, 0.2) is 0 Å². The van der Waals surface area contributed by atoms with Crippen molar-refractivity contribution in [2.24, 2.45) is 0 Å². The Hall–Kier alpha value is -1.38. The molecule has 0 bridgehead atoms. The number of carbonyl (C=O) groups excluding carboxylic acids is 1. The Bertz CT molecular complexity index is 329. The second-order valence-corrected chi connectivity index (χ2v) is 5.50. The number of alkyl carbamates (subject to hydrolysis) is 1. The molecule has 118 valence electrons. The van der Waals surface area contributed by atoms with E-state index in [2.05, 4.69) is 5.32 Å². The number of ether oxygens (including phenoxy) is 1. The normalized spacial score (nSPS) is 16.4. The van der Waals surface area contributed by atoms with Crippen LogP contribution >= 0.6 is 0 Å². The predicted octanol–water partition coefficient (Wildman–Crippen LogP) is -0.0571. The average molecular weight is 292 g/mol. The largest absolute Gasteiger partial charge is 0.480 e. The monoisotopic (exact) mass is 292 g/mol. The maximum absolute atomic E-state index is 11.6. The summed E-state index contributed by atoms with van der Waals surface area (Å²) >= 11 is 0. The highest BCUT2D eigenvalue weighted by molar-refractivity contribution is 5.80. The molecule has 8 heteroatoms. The van der Waals surface area contributed by atoms with Crippen molar-refractivity contribution in [1.82, 2.24) is 10.2 Å². The molecule has 3 atom stereocenters. The van der Waals surface area contributed by atoms with Gasteiger partial charge in [-0.3, -0.25) is 4.90 Å². The van der Waals surface area contributed by atoms with Crippen LogP contribution in [0.1, 0.15) is 34.6 Å². The first-order valence-electron chi connectivity index (χ1n) is 6.28. The van der Waals surface area contributed by atoms with Crippen molar-refractivity contribution in [3.63, 3.8) is 0 Å². The topological polar surface area (TPSA) is 119 Å². The van der Waals surface area contributed by atoms with Crippen molar-refractivity contribution >= 4 is 12.1 Å². The summed E-state index contributed by atoms with van der Waals surface area (Å²) in [4.78, 5) is 23.8. The SMILES string of the molecule is C[C@H](O)N(C[C@H](NC(=O)OC(C)(C)C)C(=O)O)[C@H](C)O. The van der Waals surface area contributed by atoms with Crippen LogP contribution in [-0.4, -0.2) is 62.9 Å². The third-order valence-corrected chi connectivity index (χ3v) is 2.34. The fourth-order valence-electron chi connectivity index (χ4n) is 1.46. The van der Waals surface area contributed by atoms with Gasteiger partial charge < -0.3 is 25.4 Å². The highest BCUT2D eigenvalue weighted by Crippen LogP contribution is 2.08. The van der Waals surface area contributed by atoms with Crippen LogP contribution in [0.25, 0.3) is 0 Å². The van der Waals surface area contributed by atoms with Crippen LogP contribution in [0.4, 0.5) is 4.79 Å². The number of hydrogen-bond acceptors (Lipinski definition) is 6. The first-order valence-corrected chi connectivity index (χ1v) is 6.28. The molecule has 0 aromatic carbocycles. The molecule has 8 nitrogen and oxygen atoms in total. The quantitative estimate of drug-likeness (QED) is 0.506. The molecule has 0 unspecified atom stereocenters. The molecule has 0 aliphatic rings. The second-order valence-electron chi connectivity index (χ2n) is 5.50. The summed E-state index contributed by atoms with van der Waals surface area (Å²) in [7, 11) is 0. The number of hydrogen-bond donors (Lipinski definition) is 4. The molecule has 0 fully saturated rings. The number of nitrogens with one attached hydrogen (secondary N) is 1. The van der Waals surface area contributed by atoms with Gasteiger partial charge in [-0.2, -0.15) is 0 Å². The van der Waals surface area contributed by atoms with Gasteiger partial charge in [-0.25, -0.2) is 9.59 Å². The minimum absolute atomic E-state index is 0.260. The van der Waals surface area contributed by atoms with E-state index < -0.39 is 36.2 Å². The van der Waals surface area contributed by atoms with E-state index in [-0.39, 0.29) is 6.54 Å². The summed E-state index contributed by atoms with van der Waals surface area (Å²) in [6.45, 7) is 7.48. The molecule has 0 saturated carbocycles. The van der Waals surface area contributed by atoms with Crippen LogP contribution in [0.15, 0.2) is 0 Å². The standard InChI is InChI=1S/C12H24N2O6/c1-7(15)14(8(2)16)6-9(10(17)18)13-11(19)20-12(3,4)5/h7-9,15-16H,6H2,1-5H3,(H,13,19)(H,17,18)/t7-,8-,9-/m0/s1. The molecule has 1 amide bonds. The molecule has 20 heavy (non-hydrogen) atoms. The molecule has 0 aliphatic carbocycles. The number of carboxylic acid groups (broad SMARTS) is 1. The third kappa shape index (κ3) is 7.27. The number of carboxylic acids is 1. The van der Waals surface area contributed by atoms with Gasteiger partial charge in [0.1, 0.15) is 24.1 Å². The number of carbonyl (C=O) groups is 2. The smallest absolute Gasteiger partial charge is 0.408 e. The maximum Gasteiger partial charge on any atom is 0.408 e. The lowest BCUT2D eigenvalue weighted by Crippen LogP contribution is -2.53. The van der Waals surface area contributed by atoms with E-state index in [1.807, 2.05) is 0 Å². The molecular weight excluding hydrogens is 268 g/mol. The summed E-state index contributed by atoms with van der Waals surface area (Å²) in [5.74, 6) is -1.29. The summed E-state index contributed by atoms with van der Waals surface area (Å²) in [6.07, 6.45) is -2.99. The van der Waals surface area contributed by atoms with Crippen LogP contribution in [0.5, 0.6) is 0 Å². The highest BCUT2D eigenvalue weighted by Gasteiger charge is 2.28. The van der Waals surface area contributed by atoms with Crippen LogP contribution in [0.2, 0.25) is 0 Å². The number of aliphatic hydroxyl groups excluding tert-OH is 2. The molecule has 0 aromatic heterocycles. The predicted molar refractivity (Wildman–Crippen MR) is 70.9 cm³/mol. The third-order valence-electron chi connectivity index (χ3n) is 2.34. The minimum atomic E-state index is -1.31. The zero-order valence-electron chi connectivity index (χ0n) is 12.5. The molecular formula is C12H24N2O6. The number of rotatable bonds is 6. The minimum Gasteiger partial charge on any atom is -0.480 e. The van der Waals surface area contributed by atoms with Crippen molar-refractivity contribution in [3.05, 3.63) is 0 Å². The van der Waals surface area contributed by atoms with E-state index in [1.54, 1.807) is 20.8 Å². The number of aliphatic hydroxyl groups is 2. The first kappa shape index (κ1) is 18.6. The van der Waals surface area contributed by atoms with Gasteiger partial charge in [0.05, 0.1) is 0 Å². The van der Waals surface area contributed by atoms with Crippen LogP contribution < -0.4 is 5.32 Å². The van der Waals surface area contributed by atoms with E-state index >= 15 is 0 Å². The second kappa shape index (κ2) is 7.41. The van der Waals surface area contributed by atoms with Crippen molar-refractivity contribution < 1.29 is 29.6 Å². The Morgan fingerprint density at radius 2 is 1.65 bits per heavy atom. The molecule has 0 radical (unpaired) electrons. The van der Waals surface area contributed by atoms with Gasteiger partial charge >= 0.3 is 12.1 Å². The van der Waals surface area contributed by atoms with Crippen molar-refractivity contribution in [1.29, 1.82) is 0 Å². The number of aliphatic carboxylic acids is 1. The van der Waals surface area contributed by atoms with Crippen LogP contribution in [-0.2, 0) is 9.53 Å². The fourth-order valence-corrected chi connectivity index (χ4v) is 1.46. The van der Waals surface area contributed by atoms with Gasteiger partial charge in [-0.15, -0.1) is 0 Å². The first-order chi connectivity index (χ1) is 8.94. The van der Waals surface area contributed by atoms with Gasteiger partial charge in [0.25, 0.3) is 0 Å². The van der Waals surface area contributed by atoms with E-state index in [4.69, 9.17) is 9.84 Å². The lowest BCUT2D eigenvalue weighted by molar-refractivity contribution is -0.143. The molecule has 0 aromatic rings. The Labute approximate surface area is 118 Å². The van der Waals surface area contributed by atoms with Crippen molar-refractivity contribution in [2.75, 3.05) is 6.54 Å². The van der Waals surface area contributed by atoms with Crippen molar-refractivity contribution in [3.8, 4) is 0 Å². The van der Waals surface area contributed by atoms with Gasteiger partial charge in [0.2, 0.25) is 0 Å². The van der Waals surface area contributed by atoms with E-state index in [0.29, 0.717) is 0 Å². The number of nitrogens with zero attached hydrogens (tertiary/aromatic N) is 1. The van der Waals surface area contributed by atoms with Crippen LogP contribution in [0, 0.1) is 0 Å². The molecule has 0 saturated heterocycles. The molecule has 0 aliphatic heterocycles. The zero-order valence-corrected chi connectivity index (χ0v) is 12.5. The van der Waals surface area contributed by atoms with Gasteiger partial charge in [-0.1, -0.05) is 0 Å². The summed E-state index contributed by atoms with van der Waals surface area (Å²) in [5, 5.41) is 30.2. The molecule has 4 N–H and O–H groups in total. The van der Waals surface area contributed by atoms with Gasteiger partial charge in [-0.05, 0) is 34.6 Å². The zero-order chi connectivity index (χ0) is 16.1. The van der Waals surface area contributed by atoms with Crippen LogP contribution in [0.3, 0.4) is 0 Å². The summed E-state index contributed by atoms with van der Waals surface area (Å²) < 4.78 is 4.96. The fraction of sp³-hybridized carbons (Fsp3) is 0.833. The maximum atomic E-state index is 11.6. The average Bonchev–Trinajstić information content (AvgIpc) is 2.19. The van der Waals surface area contributed by atoms with Gasteiger partial charge in [0, 0.05) is 6.54 Å². The number of amides is 1. The Kier molecular flexibility index (Phi) is 6.90.